The van der Waals surface area contributed by atoms with Crippen LogP contribution in [0.1, 0.15) is 34.4 Å². The quantitative estimate of drug-likeness (QED) is 0.774. The van der Waals surface area contributed by atoms with Gasteiger partial charge in [-0.15, -0.1) is 0 Å². The number of esters is 1. The molecule has 0 radical (unpaired) electrons. The van der Waals surface area contributed by atoms with Crippen molar-refractivity contribution in [2.24, 2.45) is 0 Å². The van der Waals surface area contributed by atoms with E-state index in [1.165, 1.54) is 5.56 Å². The zero-order valence-electron chi connectivity index (χ0n) is 10.6. The van der Waals surface area contributed by atoms with Gasteiger partial charge in [-0.1, -0.05) is 30.3 Å². The minimum Gasteiger partial charge on any atom is -0.460 e. The first-order chi connectivity index (χ1) is 8.70. The molecule has 1 aromatic carbocycles. The average molecular weight is 244 g/mol. The van der Waals surface area contributed by atoms with Crippen LogP contribution in [0.4, 0.5) is 0 Å². The lowest BCUT2D eigenvalue weighted by Gasteiger charge is -1.98. The van der Waals surface area contributed by atoms with Crippen LogP contribution in [-0.2, 0) is 11.2 Å². The van der Waals surface area contributed by atoms with Crippen molar-refractivity contribution in [3.05, 3.63) is 59.0 Å². The van der Waals surface area contributed by atoms with Crippen LogP contribution in [0, 0.1) is 6.92 Å². The van der Waals surface area contributed by atoms with Crippen molar-refractivity contribution in [2.75, 3.05) is 6.61 Å². The minimum absolute atomic E-state index is 0.278. The molecular formula is C15H16O3. The molecule has 0 spiro atoms. The molecule has 3 nitrogen and oxygen atoms in total. The number of hydrogen-bond acceptors (Lipinski definition) is 3. The Hall–Kier alpha value is -2.03. The van der Waals surface area contributed by atoms with E-state index >= 15 is 0 Å². The van der Waals surface area contributed by atoms with Gasteiger partial charge in [0, 0.05) is 6.42 Å². The van der Waals surface area contributed by atoms with Crippen LogP contribution in [0.15, 0.2) is 40.8 Å². The third kappa shape index (κ3) is 2.80. The summed E-state index contributed by atoms with van der Waals surface area (Å²) in [5.41, 5.74) is 2.21. The van der Waals surface area contributed by atoms with E-state index in [4.69, 9.17) is 9.15 Å². The molecule has 0 aliphatic carbocycles. The predicted molar refractivity (Wildman–Crippen MR) is 68.6 cm³/mol. The first kappa shape index (κ1) is 12.4. The molecule has 0 atom stereocenters. The molecular weight excluding hydrogens is 228 g/mol. The van der Waals surface area contributed by atoms with E-state index in [0.29, 0.717) is 6.61 Å². The summed E-state index contributed by atoms with van der Waals surface area (Å²) in [5, 5.41) is 0. The number of hydrogen-bond donors (Lipinski definition) is 0. The van der Waals surface area contributed by atoms with Crippen LogP contribution < -0.4 is 0 Å². The molecule has 0 unspecified atom stereocenters. The molecule has 0 aliphatic heterocycles. The summed E-state index contributed by atoms with van der Waals surface area (Å²) in [6.45, 7) is 3.99. The van der Waals surface area contributed by atoms with Gasteiger partial charge in [-0.3, -0.25) is 0 Å². The monoisotopic (exact) mass is 244 g/mol. The maximum atomic E-state index is 11.5. The Balaban J connectivity index is 2.17. The maximum Gasteiger partial charge on any atom is 0.374 e. The minimum atomic E-state index is -0.403. The standard InChI is InChI=1S/C15H16O3/c1-3-17-15(16)14-10-13(11(2)18-14)9-12-7-5-4-6-8-12/h4-8,10H,3,9H2,1-2H3. The summed E-state index contributed by atoms with van der Waals surface area (Å²) in [7, 11) is 0. The molecule has 0 amide bonds. The molecule has 1 aromatic heterocycles. The van der Waals surface area contributed by atoms with Crippen LogP contribution >= 0.6 is 0 Å². The first-order valence-electron chi connectivity index (χ1n) is 6.01. The van der Waals surface area contributed by atoms with Crippen molar-refractivity contribution < 1.29 is 13.9 Å². The summed E-state index contributed by atoms with van der Waals surface area (Å²) in [6, 6.07) is 11.8. The maximum absolute atomic E-state index is 11.5. The fraction of sp³-hybridized carbons (Fsp3) is 0.267. The Kier molecular flexibility index (Phi) is 3.82. The number of ether oxygens (including phenoxy) is 1. The zero-order valence-corrected chi connectivity index (χ0v) is 10.6. The number of carbonyl (C=O) groups is 1. The Morgan fingerprint density at radius 2 is 2.00 bits per heavy atom. The molecule has 2 rings (SSSR count). The molecule has 0 aliphatic rings. The van der Waals surface area contributed by atoms with Gasteiger partial charge in [-0.25, -0.2) is 4.79 Å². The highest BCUT2D eigenvalue weighted by Crippen LogP contribution is 2.19. The number of furan rings is 1. The molecule has 18 heavy (non-hydrogen) atoms. The van der Waals surface area contributed by atoms with Crippen LogP contribution in [0.5, 0.6) is 0 Å². The van der Waals surface area contributed by atoms with Crippen molar-refractivity contribution in [1.29, 1.82) is 0 Å². The zero-order chi connectivity index (χ0) is 13.0. The smallest absolute Gasteiger partial charge is 0.374 e. The van der Waals surface area contributed by atoms with Crippen molar-refractivity contribution >= 4 is 5.97 Å². The molecule has 0 bridgehead atoms. The Morgan fingerprint density at radius 3 is 2.67 bits per heavy atom. The van der Waals surface area contributed by atoms with E-state index in [1.54, 1.807) is 13.0 Å². The predicted octanol–water partition coefficient (Wildman–Crippen LogP) is 3.36. The average Bonchev–Trinajstić information content (AvgIpc) is 2.73. The highest BCUT2D eigenvalue weighted by Gasteiger charge is 2.15. The van der Waals surface area contributed by atoms with Gasteiger partial charge in [-0.2, -0.15) is 0 Å². The van der Waals surface area contributed by atoms with Gasteiger partial charge in [0.2, 0.25) is 5.76 Å². The molecule has 3 heteroatoms. The van der Waals surface area contributed by atoms with Crippen molar-refractivity contribution in [2.45, 2.75) is 20.3 Å². The number of benzene rings is 1. The fourth-order valence-electron chi connectivity index (χ4n) is 1.81. The van der Waals surface area contributed by atoms with Crippen molar-refractivity contribution in [3.8, 4) is 0 Å². The lowest BCUT2D eigenvalue weighted by molar-refractivity contribution is 0.0488. The normalized spacial score (nSPS) is 10.3. The van der Waals surface area contributed by atoms with Gasteiger partial charge in [-0.05, 0) is 31.0 Å². The third-order valence-corrected chi connectivity index (χ3v) is 2.73. The van der Waals surface area contributed by atoms with Gasteiger partial charge in [0.05, 0.1) is 6.61 Å². The van der Waals surface area contributed by atoms with E-state index in [0.717, 1.165) is 17.7 Å². The van der Waals surface area contributed by atoms with Gasteiger partial charge >= 0.3 is 5.97 Å². The lowest BCUT2D eigenvalue weighted by atomic mass is 10.1. The highest BCUT2D eigenvalue weighted by atomic mass is 16.5. The van der Waals surface area contributed by atoms with Gasteiger partial charge in [0.1, 0.15) is 5.76 Å². The summed E-state index contributed by atoms with van der Waals surface area (Å²) in [6.07, 6.45) is 0.760. The Bertz CT molecular complexity index is 526. The van der Waals surface area contributed by atoms with Crippen molar-refractivity contribution in [1.82, 2.24) is 0 Å². The topological polar surface area (TPSA) is 39.4 Å². The highest BCUT2D eigenvalue weighted by molar-refractivity contribution is 5.86. The SMILES string of the molecule is CCOC(=O)c1cc(Cc2ccccc2)c(C)o1. The van der Waals surface area contributed by atoms with E-state index in [2.05, 4.69) is 12.1 Å². The second-order valence-corrected chi connectivity index (χ2v) is 4.07. The lowest BCUT2D eigenvalue weighted by Crippen LogP contribution is -2.02. The number of rotatable bonds is 4. The van der Waals surface area contributed by atoms with Gasteiger partial charge in [0.15, 0.2) is 0 Å². The van der Waals surface area contributed by atoms with E-state index in [9.17, 15) is 4.79 Å². The van der Waals surface area contributed by atoms with Crippen LogP contribution in [0.3, 0.4) is 0 Å². The molecule has 94 valence electrons. The third-order valence-electron chi connectivity index (χ3n) is 2.73. The molecule has 0 N–H and O–H groups in total. The second kappa shape index (κ2) is 5.54. The van der Waals surface area contributed by atoms with E-state index < -0.39 is 5.97 Å². The van der Waals surface area contributed by atoms with Crippen LogP contribution in [-0.4, -0.2) is 12.6 Å². The molecule has 0 fully saturated rings. The van der Waals surface area contributed by atoms with Gasteiger partial charge in [0.25, 0.3) is 0 Å². The Labute approximate surface area is 106 Å². The number of carbonyl (C=O) groups excluding carboxylic acids is 1. The van der Waals surface area contributed by atoms with Crippen molar-refractivity contribution in [3.63, 3.8) is 0 Å². The summed E-state index contributed by atoms with van der Waals surface area (Å²) in [5.74, 6) is 0.641. The second-order valence-electron chi connectivity index (χ2n) is 4.07. The summed E-state index contributed by atoms with van der Waals surface area (Å²) >= 11 is 0. The van der Waals surface area contributed by atoms with Gasteiger partial charge < -0.3 is 9.15 Å². The molecule has 1 heterocycles. The largest absolute Gasteiger partial charge is 0.460 e. The fourth-order valence-corrected chi connectivity index (χ4v) is 1.81. The molecule has 0 saturated carbocycles. The summed E-state index contributed by atoms with van der Waals surface area (Å²) in [4.78, 5) is 11.5. The van der Waals surface area contributed by atoms with Crippen LogP contribution in [0.2, 0.25) is 0 Å². The molecule has 2 aromatic rings. The van der Waals surface area contributed by atoms with Crippen LogP contribution in [0.25, 0.3) is 0 Å². The van der Waals surface area contributed by atoms with E-state index in [1.807, 2.05) is 25.1 Å². The number of aryl methyl sites for hydroxylation is 1. The Morgan fingerprint density at radius 1 is 1.28 bits per heavy atom. The first-order valence-corrected chi connectivity index (χ1v) is 6.01. The molecule has 0 saturated heterocycles. The summed E-state index contributed by atoms with van der Waals surface area (Å²) < 4.78 is 10.3. The van der Waals surface area contributed by atoms with E-state index in [-0.39, 0.29) is 5.76 Å².